The van der Waals surface area contributed by atoms with Gasteiger partial charge in [-0.15, -0.1) is 0 Å². The van der Waals surface area contributed by atoms with Gasteiger partial charge in [-0.05, 0) is 18.6 Å². The first-order chi connectivity index (χ1) is 9.53. The lowest BCUT2D eigenvalue weighted by atomic mass is 10.3. The van der Waals surface area contributed by atoms with Gasteiger partial charge in [0.25, 0.3) is 0 Å². The first-order valence-corrected chi connectivity index (χ1v) is 8.13. The zero-order valence-electron chi connectivity index (χ0n) is 11.3. The van der Waals surface area contributed by atoms with Crippen molar-refractivity contribution >= 4 is 21.6 Å². The van der Waals surface area contributed by atoms with Crippen molar-refractivity contribution < 1.29 is 13.2 Å². The fraction of sp³-hybridized carbons (Fsp3) is 0.462. The van der Waals surface area contributed by atoms with Gasteiger partial charge in [0.1, 0.15) is 4.90 Å². The number of sulfonamides is 1. The second-order valence-electron chi connectivity index (χ2n) is 4.75. The molecule has 1 fully saturated rings. The third kappa shape index (κ3) is 3.49. The molecule has 1 aromatic rings. The van der Waals surface area contributed by atoms with Crippen molar-refractivity contribution in [1.82, 2.24) is 10.0 Å². The Balaban J connectivity index is 2.18. The maximum absolute atomic E-state index is 12.4. The van der Waals surface area contributed by atoms with Crippen LogP contribution >= 0.6 is 0 Å². The van der Waals surface area contributed by atoms with E-state index in [4.69, 9.17) is 0 Å². The average molecular weight is 297 g/mol. The van der Waals surface area contributed by atoms with Crippen molar-refractivity contribution in [1.29, 1.82) is 0 Å². The van der Waals surface area contributed by atoms with Gasteiger partial charge in [0.05, 0.1) is 5.69 Å². The molecular formula is C13H19N3O3S. The number of nitrogens with one attached hydrogen (secondary N) is 3. The first-order valence-electron chi connectivity index (χ1n) is 6.65. The molecule has 1 aliphatic rings. The lowest BCUT2D eigenvalue weighted by molar-refractivity contribution is -0.119. The summed E-state index contributed by atoms with van der Waals surface area (Å²) in [6.45, 7) is 3.05. The SMILES string of the molecule is CCCNc1ccccc1S(=O)(=O)NC1CNC(=O)C1. The molecule has 0 bridgehead atoms. The molecule has 0 radical (unpaired) electrons. The average Bonchev–Trinajstić information content (AvgIpc) is 2.81. The van der Waals surface area contributed by atoms with Crippen molar-refractivity contribution in [2.45, 2.75) is 30.7 Å². The van der Waals surface area contributed by atoms with Crippen LogP contribution in [0.3, 0.4) is 0 Å². The summed E-state index contributed by atoms with van der Waals surface area (Å²) in [6.07, 6.45) is 1.09. The summed E-state index contributed by atoms with van der Waals surface area (Å²) in [5.74, 6) is -0.130. The van der Waals surface area contributed by atoms with Gasteiger partial charge >= 0.3 is 0 Å². The van der Waals surface area contributed by atoms with E-state index in [1.165, 1.54) is 0 Å². The molecule has 0 aromatic heterocycles. The van der Waals surface area contributed by atoms with Gasteiger partial charge in [-0.25, -0.2) is 13.1 Å². The monoisotopic (exact) mass is 297 g/mol. The fourth-order valence-corrected chi connectivity index (χ4v) is 3.50. The number of para-hydroxylation sites is 1. The van der Waals surface area contributed by atoms with Crippen LogP contribution in [0.5, 0.6) is 0 Å². The van der Waals surface area contributed by atoms with E-state index in [2.05, 4.69) is 15.4 Å². The molecule has 1 atom stereocenters. The Morgan fingerprint density at radius 1 is 1.35 bits per heavy atom. The summed E-state index contributed by atoms with van der Waals surface area (Å²) in [6, 6.07) is 6.39. The second-order valence-corrected chi connectivity index (χ2v) is 6.43. The lowest BCUT2D eigenvalue weighted by Crippen LogP contribution is -2.36. The van der Waals surface area contributed by atoms with Gasteiger partial charge in [0, 0.05) is 25.6 Å². The van der Waals surface area contributed by atoms with E-state index in [1.54, 1.807) is 24.3 Å². The van der Waals surface area contributed by atoms with Crippen LogP contribution in [0.2, 0.25) is 0 Å². The number of carbonyl (C=O) groups is 1. The summed E-state index contributed by atoms with van der Waals surface area (Å²) in [7, 11) is -3.63. The largest absolute Gasteiger partial charge is 0.384 e. The van der Waals surface area contributed by atoms with Crippen LogP contribution in [0.25, 0.3) is 0 Å². The predicted octanol–water partition coefficient (Wildman–Crippen LogP) is 0.675. The molecule has 20 heavy (non-hydrogen) atoms. The van der Waals surface area contributed by atoms with E-state index in [0.29, 0.717) is 18.8 Å². The number of hydrogen-bond donors (Lipinski definition) is 3. The van der Waals surface area contributed by atoms with Gasteiger partial charge in [0.2, 0.25) is 15.9 Å². The van der Waals surface area contributed by atoms with E-state index in [9.17, 15) is 13.2 Å². The van der Waals surface area contributed by atoms with Gasteiger partial charge in [-0.3, -0.25) is 4.79 Å². The highest BCUT2D eigenvalue weighted by Gasteiger charge is 2.27. The Hall–Kier alpha value is -1.60. The maximum atomic E-state index is 12.4. The number of anilines is 1. The molecule has 7 heteroatoms. The van der Waals surface area contributed by atoms with Gasteiger partial charge in [-0.2, -0.15) is 0 Å². The van der Waals surface area contributed by atoms with Crippen molar-refractivity contribution in [3.8, 4) is 0 Å². The molecule has 3 N–H and O–H groups in total. The van der Waals surface area contributed by atoms with Gasteiger partial charge in [-0.1, -0.05) is 19.1 Å². The first kappa shape index (κ1) is 14.8. The Morgan fingerprint density at radius 2 is 2.10 bits per heavy atom. The Kier molecular flexibility index (Phi) is 4.61. The smallest absolute Gasteiger partial charge is 0.242 e. The van der Waals surface area contributed by atoms with Crippen LogP contribution in [0.1, 0.15) is 19.8 Å². The number of benzene rings is 1. The second kappa shape index (κ2) is 6.23. The van der Waals surface area contributed by atoms with Crippen molar-refractivity contribution in [2.75, 3.05) is 18.4 Å². The molecule has 1 saturated heterocycles. The van der Waals surface area contributed by atoms with Crippen molar-refractivity contribution in [3.05, 3.63) is 24.3 Å². The van der Waals surface area contributed by atoms with Crippen LogP contribution in [0.15, 0.2) is 29.2 Å². The van der Waals surface area contributed by atoms with E-state index < -0.39 is 10.0 Å². The minimum absolute atomic E-state index is 0.130. The predicted molar refractivity (Wildman–Crippen MR) is 77.0 cm³/mol. The van der Waals surface area contributed by atoms with E-state index >= 15 is 0 Å². The molecule has 1 heterocycles. The third-order valence-electron chi connectivity index (χ3n) is 3.04. The van der Waals surface area contributed by atoms with Crippen molar-refractivity contribution in [3.63, 3.8) is 0 Å². The summed E-state index contributed by atoms with van der Waals surface area (Å²) in [4.78, 5) is 11.3. The fourth-order valence-electron chi connectivity index (χ4n) is 2.08. The molecule has 1 aliphatic heterocycles. The molecule has 0 spiro atoms. The van der Waals surface area contributed by atoms with E-state index in [1.807, 2.05) is 6.92 Å². The summed E-state index contributed by atoms with van der Waals surface area (Å²) < 4.78 is 27.3. The summed E-state index contributed by atoms with van der Waals surface area (Å²) in [5, 5.41) is 5.71. The number of rotatable bonds is 6. The molecule has 1 aromatic carbocycles. The number of amides is 1. The Morgan fingerprint density at radius 3 is 2.75 bits per heavy atom. The molecule has 1 amide bonds. The highest BCUT2D eigenvalue weighted by molar-refractivity contribution is 7.89. The number of hydrogen-bond acceptors (Lipinski definition) is 4. The molecule has 0 aliphatic carbocycles. The maximum Gasteiger partial charge on any atom is 0.242 e. The zero-order chi connectivity index (χ0) is 14.6. The van der Waals surface area contributed by atoms with Gasteiger partial charge in [0.15, 0.2) is 0 Å². The van der Waals surface area contributed by atoms with Crippen LogP contribution < -0.4 is 15.4 Å². The minimum Gasteiger partial charge on any atom is -0.384 e. The van der Waals surface area contributed by atoms with Crippen LogP contribution in [0, 0.1) is 0 Å². The highest BCUT2D eigenvalue weighted by Crippen LogP contribution is 2.21. The summed E-state index contributed by atoms with van der Waals surface area (Å²) >= 11 is 0. The Bertz CT molecular complexity index is 586. The highest BCUT2D eigenvalue weighted by atomic mass is 32.2. The van der Waals surface area contributed by atoms with Crippen LogP contribution in [-0.2, 0) is 14.8 Å². The Labute approximate surface area is 119 Å². The summed E-state index contributed by atoms with van der Waals surface area (Å²) in [5.41, 5.74) is 0.583. The lowest BCUT2D eigenvalue weighted by Gasteiger charge is -2.15. The topological polar surface area (TPSA) is 87.3 Å². The normalized spacial score (nSPS) is 18.9. The third-order valence-corrected chi connectivity index (χ3v) is 4.62. The molecule has 1 unspecified atom stereocenters. The van der Waals surface area contributed by atoms with E-state index in [-0.39, 0.29) is 23.3 Å². The zero-order valence-corrected chi connectivity index (χ0v) is 12.2. The molecular weight excluding hydrogens is 278 g/mol. The van der Waals surface area contributed by atoms with Crippen molar-refractivity contribution in [2.24, 2.45) is 0 Å². The van der Waals surface area contributed by atoms with E-state index in [0.717, 1.165) is 6.42 Å². The quantitative estimate of drug-likeness (QED) is 0.720. The van der Waals surface area contributed by atoms with Gasteiger partial charge < -0.3 is 10.6 Å². The molecule has 2 rings (SSSR count). The van der Waals surface area contributed by atoms with Crippen LogP contribution in [-0.4, -0.2) is 33.5 Å². The minimum atomic E-state index is -3.63. The van der Waals surface area contributed by atoms with Crippen LogP contribution in [0.4, 0.5) is 5.69 Å². The molecule has 0 saturated carbocycles. The molecule has 110 valence electrons. The molecule has 6 nitrogen and oxygen atoms in total. The number of carbonyl (C=O) groups excluding carboxylic acids is 1. The standard InChI is InChI=1S/C13H19N3O3S/c1-2-7-14-11-5-3-4-6-12(11)20(18,19)16-10-8-13(17)15-9-10/h3-6,10,14,16H,2,7-9H2,1H3,(H,15,17).